The van der Waals surface area contributed by atoms with Gasteiger partial charge in [-0.25, -0.2) is 0 Å². The van der Waals surface area contributed by atoms with Crippen molar-refractivity contribution in [3.8, 4) is 0 Å². The molecule has 104 valence electrons. The largest absolute Gasteiger partial charge is 0.481 e. The van der Waals surface area contributed by atoms with E-state index in [1.165, 1.54) is 0 Å². The Morgan fingerprint density at radius 1 is 1.33 bits per heavy atom. The topological polar surface area (TPSA) is 72.9 Å². The summed E-state index contributed by atoms with van der Waals surface area (Å²) in [5, 5.41) is 12.2. The first-order valence-corrected chi connectivity index (χ1v) is 6.23. The van der Waals surface area contributed by atoms with Gasteiger partial charge in [-0.15, -0.1) is 0 Å². The summed E-state index contributed by atoms with van der Waals surface area (Å²) < 4.78 is 0. The van der Waals surface area contributed by atoms with E-state index in [2.05, 4.69) is 5.32 Å². The van der Waals surface area contributed by atoms with Gasteiger partial charge in [0, 0.05) is 32.7 Å². The van der Waals surface area contributed by atoms with Crippen molar-refractivity contribution in [1.29, 1.82) is 0 Å². The molecule has 1 amide bonds. The van der Waals surface area contributed by atoms with Gasteiger partial charge in [-0.05, 0) is 20.9 Å². The first-order chi connectivity index (χ1) is 8.33. The van der Waals surface area contributed by atoms with E-state index in [4.69, 9.17) is 5.11 Å². The number of hydrogen-bond acceptors (Lipinski definition) is 4. The van der Waals surface area contributed by atoms with Gasteiger partial charge in [-0.3, -0.25) is 14.5 Å². The third kappa shape index (κ3) is 4.27. The lowest BCUT2D eigenvalue weighted by Crippen LogP contribution is -2.50. The van der Waals surface area contributed by atoms with Crippen molar-refractivity contribution in [2.75, 3.05) is 46.3 Å². The molecule has 18 heavy (non-hydrogen) atoms. The minimum atomic E-state index is -0.844. The van der Waals surface area contributed by atoms with Gasteiger partial charge in [-0.1, -0.05) is 0 Å². The first-order valence-electron chi connectivity index (χ1n) is 6.23. The number of aliphatic carboxylic acids is 1. The van der Waals surface area contributed by atoms with E-state index in [-0.39, 0.29) is 12.5 Å². The number of carboxylic acids is 1. The average molecular weight is 257 g/mol. The van der Waals surface area contributed by atoms with E-state index in [0.29, 0.717) is 6.54 Å². The molecular formula is C12H23N3O3. The molecule has 0 aromatic rings. The Morgan fingerprint density at radius 3 is 2.39 bits per heavy atom. The number of piperazine rings is 1. The Hall–Kier alpha value is -1.14. The highest BCUT2D eigenvalue weighted by molar-refractivity contribution is 5.78. The van der Waals surface area contributed by atoms with Crippen LogP contribution in [0.25, 0.3) is 0 Å². The molecule has 1 rings (SSSR count). The SMILES string of the molecule is CN(CC(=O)N1CCNCC1)CC(C)(C)C(=O)O. The minimum absolute atomic E-state index is 0.0696. The fourth-order valence-electron chi connectivity index (χ4n) is 2.04. The van der Waals surface area contributed by atoms with Crippen LogP contribution in [-0.4, -0.2) is 73.1 Å². The maximum Gasteiger partial charge on any atom is 0.310 e. The van der Waals surface area contributed by atoms with Gasteiger partial charge in [-0.2, -0.15) is 0 Å². The zero-order valence-electron chi connectivity index (χ0n) is 11.4. The number of amides is 1. The number of nitrogens with zero attached hydrogens (tertiary/aromatic N) is 2. The molecule has 6 heteroatoms. The normalized spacial score (nSPS) is 17.0. The molecule has 0 aliphatic carbocycles. The molecule has 0 aromatic heterocycles. The summed E-state index contributed by atoms with van der Waals surface area (Å²) in [5.41, 5.74) is -0.835. The maximum atomic E-state index is 12.0. The van der Waals surface area contributed by atoms with Crippen LogP contribution in [0.15, 0.2) is 0 Å². The first kappa shape index (κ1) is 14.9. The summed E-state index contributed by atoms with van der Waals surface area (Å²) in [6.07, 6.45) is 0. The fraction of sp³-hybridized carbons (Fsp3) is 0.833. The monoisotopic (exact) mass is 257 g/mol. The molecule has 0 saturated carbocycles. The summed E-state index contributed by atoms with van der Waals surface area (Å²) >= 11 is 0. The van der Waals surface area contributed by atoms with E-state index in [9.17, 15) is 9.59 Å². The van der Waals surface area contributed by atoms with Crippen molar-refractivity contribution in [2.45, 2.75) is 13.8 Å². The third-order valence-electron chi connectivity index (χ3n) is 3.12. The minimum Gasteiger partial charge on any atom is -0.481 e. The standard InChI is InChI=1S/C12H23N3O3/c1-12(2,11(17)18)9-14(3)8-10(16)15-6-4-13-5-7-15/h13H,4-9H2,1-3H3,(H,17,18). The van der Waals surface area contributed by atoms with Crippen LogP contribution in [0, 0.1) is 5.41 Å². The Kier molecular flexibility index (Phi) is 5.10. The van der Waals surface area contributed by atoms with Crippen LogP contribution in [0.2, 0.25) is 0 Å². The van der Waals surface area contributed by atoms with Gasteiger partial charge in [0.25, 0.3) is 0 Å². The van der Waals surface area contributed by atoms with E-state index >= 15 is 0 Å². The molecule has 1 fully saturated rings. The molecule has 0 unspecified atom stereocenters. The van der Waals surface area contributed by atoms with Crippen molar-refractivity contribution in [3.05, 3.63) is 0 Å². The van der Waals surface area contributed by atoms with Gasteiger partial charge in [0.15, 0.2) is 0 Å². The van der Waals surface area contributed by atoms with Crippen molar-refractivity contribution < 1.29 is 14.7 Å². The number of carboxylic acid groups (broad SMARTS) is 1. The highest BCUT2D eigenvalue weighted by Gasteiger charge is 2.29. The molecule has 1 saturated heterocycles. The highest BCUT2D eigenvalue weighted by atomic mass is 16.4. The predicted molar refractivity (Wildman–Crippen MR) is 68.4 cm³/mol. The Labute approximate surface area is 108 Å². The lowest BCUT2D eigenvalue weighted by Gasteiger charge is -2.31. The molecule has 0 radical (unpaired) electrons. The second-order valence-electron chi connectivity index (χ2n) is 5.49. The van der Waals surface area contributed by atoms with Gasteiger partial charge >= 0.3 is 5.97 Å². The predicted octanol–water partition coefficient (Wildman–Crippen LogP) is -0.539. The molecular weight excluding hydrogens is 234 g/mol. The lowest BCUT2D eigenvalue weighted by atomic mass is 9.93. The van der Waals surface area contributed by atoms with Crippen molar-refractivity contribution >= 4 is 11.9 Å². The van der Waals surface area contributed by atoms with Crippen LogP contribution in [0.1, 0.15) is 13.8 Å². The van der Waals surface area contributed by atoms with Gasteiger partial charge in [0.1, 0.15) is 0 Å². The van der Waals surface area contributed by atoms with Crippen LogP contribution in [-0.2, 0) is 9.59 Å². The summed E-state index contributed by atoms with van der Waals surface area (Å²) in [4.78, 5) is 26.6. The molecule has 2 N–H and O–H groups in total. The third-order valence-corrected chi connectivity index (χ3v) is 3.12. The molecule has 1 heterocycles. The van der Waals surface area contributed by atoms with Gasteiger partial charge < -0.3 is 15.3 Å². The van der Waals surface area contributed by atoms with Crippen LogP contribution < -0.4 is 5.32 Å². The second-order valence-corrected chi connectivity index (χ2v) is 5.49. The van der Waals surface area contributed by atoms with Crippen molar-refractivity contribution in [3.63, 3.8) is 0 Å². The van der Waals surface area contributed by atoms with E-state index in [1.54, 1.807) is 25.8 Å². The quantitative estimate of drug-likeness (QED) is 0.692. The number of likely N-dealkylation sites (N-methyl/N-ethyl adjacent to an activating group) is 1. The fourth-order valence-corrected chi connectivity index (χ4v) is 2.04. The van der Waals surface area contributed by atoms with Crippen molar-refractivity contribution in [2.24, 2.45) is 5.41 Å². The summed E-state index contributed by atoms with van der Waals surface area (Å²) in [7, 11) is 1.78. The van der Waals surface area contributed by atoms with Crippen LogP contribution in [0.4, 0.5) is 0 Å². The van der Waals surface area contributed by atoms with E-state index in [1.807, 2.05) is 4.90 Å². The summed E-state index contributed by atoms with van der Waals surface area (Å²) in [6.45, 7) is 7.09. The lowest BCUT2D eigenvalue weighted by molar-refractivity contribution is -0.148. The van der Waals surface area contributed by atoms with E-state index < -0.39 is 11.4 Å². The van der Waals surface area contributed by atoms with Crippen LogP contribution >= 0.6 is 0 Å². The maximum absolute atomic E-state index is 12.0. The smallest absolute Gasteiger partial charge is 0.310 e. The zero-order valence-corrected chi connectivity index (χ0v) is 11.4. The molecule has 0 bridgehead atoms. The number of carbonyl (C=O) groups excluding carboxylic acids is 1. The highest BCUT2D eigenvalue weighted by Crippen LogP contribution is 2.16. The molecule has 6 nitrogen and oxygen atoms in total. The molecule has 1 aliphatic heterocycles. The molecule has 0 spiro atoms. The zero-order chi connectivity index (χ0) is 13.8. The molecule has 0 atom stereocenters. The van der Waals surface area contributed by atoms with Crippen LogP contribution in [0.3, 0.4) is 0 Å². The second kappa shape index (κ2) is 6.15. The Bertz CT molecular complexity index is 312. The van der Waals surface area contributed by atoms with Gasteiger partial charge in [0.05, 0.1) is 12.0 Å². The van der Waals surface area contributed by atoms with Gasteiger partial charge in [0.2, 0.25) is 5.91 Å². The summed E-state index contributed by atoms with van der Waals surface area (Å²) in [5.74, 6) is -0.774. The van der Waals surface area contributed by atoms with Crippen molar-refractivity contribution in [1.82, 2.24) is 15.1 Å². The Morgan fingerprint density at radius 2 is 1.89 bits per heavy atom. The molecule has 0 aromatic carbocycles. The number of nitrogens with one attached hydrogen (secondary N) is 1. The molecule has 1 aliphatic rings. The average Bonchev–Trinajstić information content (AvgIpc) is 2.29. The number of carbonyl (C=O) groups is 2. The Balaban J connectivity index is 2.41. The van der Waals surface area contributed by atoms with Crippen LogP contribution in [0.5, 0.6) is 0 Å². The van der Waals surface area contributed by atoms with E-state index in [0.717, 1.165) is 26.2 Å². The number of hydrogen-bond donors (Lipinski definition) is 2. The number of rotatable bonds is 5. The summed E-state index contributed by atoms with van der Waals surface area (Å²) in [6, 6.07) is 0.